The minimum absolute atomic E-state index is 0.0199. The van der Waals surface area contributed by atoms with Gasteiger partial charge in [-0.05, 0) is 53.9 Å². The van der Waals surface area contributed by atoms with Crippen molar-refractivity contribution in [1.82, 2.24) is 4.90 Å². The van der Waals surface area contributed by atoms with E-state index in [0.717, 1.165) is 12.2 Å². The number of hydrogen-bond donors (Lipinski definition) is 0. The highest BCUT2D eigenvalue weighted by atomic mass is 32.2. The Morgan fingerprint density at radius 1 is 0.968 bits per heavy atom. The zero-order valence-corrected chi connectivity index (χ0v) is 18.2. The number of rotatable bonds is 6. The fourth-order valence-electron chi connectivity index (χ4n) is 3.95. The van der Waals surface area contributed by atoms with E-state index in [9.17, 15) is 13.2 Å². The van der Waals surface area contributed by atoms with Crippen molar-refractivity contribution in [1.29, 1.82) is 0 Å². The zero-order valence-electron chi connectivity index (χ0n) is 17.4. The van der Waals surface area contributed by atoms with Crippen LogP contribution < -0.4 is 4.74 Å². The molecule has 3 aromatic carbocycles. The third-order valence-corrected chi connectivity index (χ3v) is 7.43. The minimum Gasteiger partial charge on any atom is -0.497 e. The predicted octanol–water partition coefficient (Wildman–Crippen LogP) is 4.30. The van der Waals surface area contributed by atoms with Crippen molar-refractivity contribution < 1.29 is 17.9 Å². The van der Waals surface area contributed by atoms with Crippen molar-refractivity contribution in [3.8, 4) is 5.75 Å². The van der Waals surface area contributed by atoms with Gasteiger partial charge in [-0.15, -0.1) is 0 Å². The van der Waals surface area contributed by atoms with Crippen LogP contribution in [-0.2, 0) is 15.6 Å². The summed E-state index contributed by atoms with van der Waals surface area (Å²) in [7, 11) is -1.76. The fraction of sp³-hybridized carbons (Fsp3) is 0.240. The van der Waals surface area contributed by atoms with Gasteiger partial charge in [0.2, 0.25) is 0 Å². The molecule has 0 radical (unpaired) electrons. The molecule has 0 saturated carbocycles. The highest BCUT2D eigenvalue weighted by Crippen LogP contribution is 2.29. The van der Waals surface area contributed by atoms with Crippen molar-refractivity contribution in [3.63, 3.8) is 0 Å². The molecule has 0 aliphatic carbocycles. The average molecular weight is 436 g/mol. The monoisotopic (exact) mass is 435 g/mol. The lowest BCUT2D eigenvalue weighted by Crippen LogP contribution is -2.28. The van der Waals surface area contributed by atoms with Gasteiger partial charge in [-0.25, -0.2) is 8.42 Å². The average Bonchev–Trinajstić information content (AvgIpc) is 3.30. The SMILES string of the molecule is COc1ccc(C2CCN(C(=O)c3ccc(CS(=O)(=O)c4ccccc4)cc3)C2)cc1. The molecule has 0 spiro atoms. The number of hydrogen-bond acceptors (Lipinski definition) is 4. The molecule has 0 bridgehead atoms. The lowest BCUT2D eigenvalue weighted by Gasteiger charge is -2.17. The maximum absolute atomic E-state index is 12.9. The second-order valence-corrected chi connectivity index (χ2v) is 9.77. The molecule has 31 heavy (non-hydrogen) atoms. The van der Waals surface area contributed by atoms with Gasteiger partial charge in [0.1, 0.15) is 5.75 Å². The van der Waals surface area contributed by atoms with Crippen LogP contribution in [0.1, 0.15) is 33.8 Å². The first-order chi connectivity index (χ1) is 15.0. The Morgan fingerprint density at radius 3 is 2.29 bits per heavy atom. The van der Waals surface area contributed by atoms with Crippen LogP contribution >= 0.6 is 0 Å². The number of carbonyl (C=O) groups is 1. The van der Waals surface area contributed by atoms with E-state index in [4.69, 9.17) is 4.74 Å². The van der Waals surface area contributed by atoms with Gasteiger partial charge in [-0.2, -0.15) is 0 Å². The lowest BCUT2D eigenvalue weighted by atomic mass is 9.98. The first kappa shape index (κ1) is 21.1. The van der Waals surface area contributed by atoms with E-state index >= 15 is 0 Å². The van der Waals surface area contributed by atoms with E-state index < -0.39 is 9.84 Å². The van der Waals surface area contributed by atoms with Crippen LogP contribution in [0.5, 0.6) is 5.75 Å². The van der Waals surface area contributed by atoms with Gasteiger partial charge < -0.3 is 9.64 Å². The standard InChI is InChI=1S/C25H25NO4S/c1-30-23-13-11-20(12-14-23)22-15-16-26(17-22)25(27)21-9-7-19(8-10-21)18-31(28,29)24-5-3-2-4-6-24/h2-14,22H,15-18H2,1H3. The van der Waals surface area contributed by atoms with Crippen LogP contribution in [0.25, 0.3) is 0 Å². The topological polar surface area (TPSA) is 63.7 Å². The Morgan fingerprint density at radius 2 is 1.65 bits per heavy atom. The number of methoxy groups -OCH3 is 1. The van der Waals surface area contributed by atoms with Gasteiger partial charge in [-0.1, -0.05) is 42.5 Å². The molecule has 1 amide bonds. The fourth-order valence-corrected chi connectivity index (χ4v) is 5.32. The number of carbonyl (C=O) groups excluding carboxylic acids is 1. The number of sulfone groups is 1. The molecule has 1 aliphatic heterocycles. The molecule has 1 heterocycles. The van der Waals surface area contributed by atoms with Gasteiger partial charge in [-0.3, -0.25) is 4.79 Å². The summed E-state index contributed by atoms with van der Waals surface area (Å²) >= 11 is 0. The molecular weight excluding hydrogens is 410 g/mol. The Balaban J connectivity index is 1.40. The van der Waals surface area contributed by atoms with Crippen LogP contribution in [0.4, 0.5) is 0 Å². The van der Waals surface area contributed by atoms with Gasteiger partial charge in [0.15, 0.2) is 9.84 Å². The molecule has 6 heteroatoms. The molecule has 0 N–H and O–H groups in total. The summed E-state index contributed by atoms with van der Waals surface area (Å²) in [6.07, 6.45) is 0.922. The molecule has 0 aromatic heterocycles. The Labute approximate surface area is 183 Å². The van der Waals surface area contributed by atoms with Gasteiger partial charge in [0.25, 0.3) is 5.91 Å². The molecule has 160 valence electrons. The Kier molecular flexibility index (Phi) is 6.09. The summed E-state index contributed by atoms with van der Waals surface area (Å²) in [4.78, 5) is 15.1. The number of likely N-dealkylation sites (tertiary alicyclic amines) is 1. The van der Waals surface area contributed by atoms with Gasteiger partial charge >= 0.3 is 0 Å². The van der Waals surface area contributed by atoms with Gasteiger partial charge in [0, 0.05) is 24.6 Å². The number of benzene rings is 3. The third kappa shape index (κ3) is 4.80. The van der Waals surface area contributed by atoms with E-state index in [0.29, 0.717) is 35.0 Å². The van der Waals surface area contributed by atoms with E-state index in [2.05, 4.69) is 12.1 Å². The van der Waals surface area contributed by atoms with Crippen LogP contribution in [0.2, 0.25) is 0 Å². The van der Waals surface area contributed by atoms with E-state index in [1.165, 1.54) is 5.56 Å². The minimum atomic E-state index is -3.41. The molecule has 4 rings (SSSR count). The molecule has 1 unspecified atom stereocenters. The summed E-state index contributed by atoms with van der Waals surface area (Å²) in [6.45, 7) is 1.38. The smallest absolute Gasteiger partial charge is 0.253 e. The highest BCUT2D eigenvalue weighted by molar-refractivity contribution is 7.90. The summed E-state index contributed by atoms with van der Waals surface area (Å²) in [5.41, 5.74) is 2.45. The Bertz CT molecular complexity index is 1140. The van der Waals surface area contributed by atoms with E-state index in [-0.39, 0.29) is 11.7 Å². The molecule has 1 atom stereocenters. The molecule has 1 aliphatic rings. The van der Waals surface area contributed by atoms with Crippen LogP contribution in [-0.4, -0.2) is 39.4 Å². The highest BCUT2D eigenvalue weighted by Gasteiger charge is 2.28. The summed E-state index contributed by atoms with van der Waals surface area (Å²) in [6, 6.07) is 23.3. The Hall–Kier alpha value is -3.12. The van der Waals surface area contributed by atoms with E-state index in [1.807, 2.05) is 17.0 Å². The summed E-state index contributed by atoms with van der Waals surface area (Å²) in [5, 5.41) is 0. The molecular formula is C25H25NO4S. The normalized spacial score (nSPS) is 16.3. The third-order valence-electron chi connectivity index (χ3n) is 5.72. The zero-order chi connectivity index (χ0) is 21.8. The number of nitrogens with zero attached hydrogens (tertiary/aromatic N) is 1. The largest absolute Gasteiger partial charge is 0.497 e. The van der Waals surface area contributed by atoms with Crippen LogP contribution in [0, 0.1) is 0 Å². The van der Waals surface area contributed by atoms with E-state index in [1.54, 1.807) is 61.7 Å². The van der Waals surface area contributed by atoms with Crippen LogP contribution in [0.15, 0.2) is 83.8 Å². The number of ether oxygens (including phenoxy) is 1. The second kappa shape index (κ2) is 8.94. The lowest BCUT2D eigenvalue weighted by molar-refractivity contribution is 0.0791. The van der Waals surface area contributed by atoms with Crippen molar-refractivity contribution in [3.05, 3.63) is 95.6 Å². The quantitative estimate of drug-likeness (QED) is 0.579. The summed E-state index contributed by atoms with van der Waals surface area (Å²) in [5.74, 6) is 1.03. The first-order valence-electron chi connectivity index (χ1n) is 10.3. The molecule has 3 aromatic rings. The molecule has 5 nitrogen and oxygen atoms in total. The second-order valence-electron chi connectivity index (χ2n) is 7.78. The van der Waals surface area contributed by atoms with Crippen molar-refractivity contribution >= 4 is 15.7 Å². The molecule has 1 fully saturated rings. The van der Waals surface area contributed by atoms with Crippen molar-refractivity contribution in [2.75, 3.05) is 20.2 Å². The van der Waals surface area contributed by atoms with Crippen molar-refractivity contribution in [2.24, 2.45) is 0 Å². The number of amides is 1. The van der Waals surface area contributed by atoms with Crippen LogP contribution in [0.3, 0.4) is 0 Å². The van der Waals surface area contributed by atoms with Crippen molar-refractivity contribution in [2.45, 2.75) is 23.0 Å². The first-order valence-corrected chi connectivity index (χ1v) is 11.9. The molecule has 1 saturated heterocycles. The maximum Gasteiger partial charge on any atom is 0.253 e. The maximum atomic E-state index is 12.9. The predicted molar refractivity (Wildman–Crippen MR) is 120 cm³/mol. The van der Waals surface area contributed by atoms with Gasteiger partial charge in [0.05, 0.1) is 17.8 Å². The summed E-state index contributed by atoms with van der Waals surface area (Å²) < 4.78 is 30.3.